The zero-order valence-corrected chi connectivity index (χ0v) is 11.3. The zero-order valence-electron chi connectivity index (χ0n) is 11.3. The Hall–Kier alpha value is -3.01. The van der Waals surface area contributed by atoms with Gasteiger partial charge in [0.2, 0.25) is 5.88 Å². The van der Waals surface area contributed by atoms with Crippen molar-refractivity contribution in [2.24, 2.45) is 0 Å². The molecule has 0 unspecified atom stereocenters. The van der Waals surface area contributed by atoms with Crippen LogP contribution in [0.25, 0.3) is 12.2 Å². The summed E-state index contributed by atoms with van der Waals surface area (Å²) in [4.78, 5) is 12.4. The first-order chi connectivity index (χ1) is 10.4. The summed E-state index contributed by atoms with van der Waals surface area (Å²) < 4.78 is 5.70. The van der Waals surface area contributed by atoms with Gasteiger partial charge in [-0.3, -0.25) is 9.97 Å². The first-order valence-electron chi connectivity index (χ1n) is 6.53. The SMILES string of the molecule is C(=C\c1cnccn1)/c1cccc(Oc2ccccn2)c1. The van der Waals surface area contributed by atoms with E-state index >= 15 is 0 Å². The Morgan fingerprint density at radius 1 is 0.857 bits per heavy atom. The lowest BCUT2D eigenvalue weighted by Gasteiger charge is -2.04. The summed E-state index contributed by atoms with van der Waals surface area (Å²) in [6, 6.07) is 13.3. The molecule has 0 saturated heterocycles. The van der Waals surface area contributed by atoms with Crippen molar-refractivity contribution >= 4 is 12.2 Å². The van der Waals surface area contributed by atoms with E-state index in [4.69, 9.17) is 4.74 Å². The molecule has 0 bridgehead atoms. The predicted octanol–water partition coefficient (Wildman–Crippen LogP) is 3.83. The summed E-state index contributed by atoms with van der Waals surface area (Å²) in [5.41, 5.74) is 1.84. The van der Waals surface area contributed by atoms with Gasteiger partial charge in [0, 0.05) is 24.7 Å². The van der Waals surface area contributed by atoms with Gasteiger partial charge in [0.1, 0.15) is 5.75 Å². The molecule has 0 aliphatic rings. The van der Waals surface area contributed by atoms with Crippen molar-refractivity contribution < 1.29 is 4.74 Å². The number of aromatic nitrogens is 3. The van der Waals surface area contributed by atoms with E-state index in [2.05, 4.69) is 15.0 Å². The molecular weight excluding hydrogens is 262 g/mol. The third-order valence-corrected chi connectivity index (χ3v) is 2.75. The van der Waals surface area contributed by atoms with E-state index in [-0.39, 0.29) is 0 Å². The lowest BCUT2D eigenvalue weighted by molar-refractivity contribution is 0.463. The van der Waals surface area contributed by atoms with E-state index in [9.17, 15) is 0 Å². The Balaban J connectivity index is 1.76. The molecule has 0 spiro atoms. The Labute approximate surface area is 122 Å². The number of ether oxygens (including phenoxy) is 1. The molecule has 4 heteroatoms. The number of pyridine rings is 1. The predicted molar refractivity (Wildman–Crippen MR) is 81.7 cm³/mol. The Bertz CT molecular complexity index is 727. The topological polar surface area (TPSA) is 47.9 Å². The number of hydrogen-bond donors (Lipinski definition) is 0. The van der Waals surface area contributed by atoms with Gasteiger partial charge < -0.3 is 4.74 Å². The summed E-state index contributed by atoms with van der Waals surface area (Å²) >= 11 is 0. The molecule has 0 fully saturated rings. The normalized spacial score (nSPS) is 10.7. The van der Waals surface area contributed by atoms with Crippen molar-refractivity contribution in [2.75, 3.05) is 0 Å². The quantitative estimate of drug-likeness (QED) is 0.726. The molecule has 0 saturated carbocycles. The van der Waals surface area contributed by atoms with Gasteiger partial charge in [0.25, 0.3) is 0 Å². The second-order valence-electron chi connectivity index (χ2n) is 4.31. The molecule has 2 aromatic heterocycles. The van der Waals surface area contributed by atoms with Crippen LogP contribution in [-0.2, 0) is 0 Å². The van der Waals surface area contributed by atoms with Crippen LogP contribution in [0, 0.1) is 0 Å². The van der Waals surface area contributed by atoms with Crippen LogP contribution in [0.5, 0.6) is 11.6 Å². The van der Waals surface area contributed by atoms with Crippen LogP contribution in [-0.4, -0.2) is 15.0 Å². The first-order valence-corrected chi connectivity index (χ1v) is 6.53. The van der Waals surface area contributed by atoms with Crippen molar-refractivity contribution in [1.29, 1.82) is 0 Å². The average molecular weight is 275 g/mol. The van der Waals surface area contributed by atoms with Gasteiger partial charge in [-0.1, -0.05) is 24.3 Å². The third kappa shape index (κ3) is 3.73. The molecule has 102 valence electrons. The highest BCUT2D eigenvalue weighted by molar-refractivity contribution is 5.68. The van der Waals surface area contributed by atoms with E-state index in [0.29, 0.717) is 5.88 Å². The maximum atomic E-state index is 5.70. The fourth-order valence-electron chi connectivity index (χ4n) is 1.79. The van der Waals surface area contributed by atoms with Crippen LogP contribution < -0.4 is 4.74 Å². The fraction of sp³-hybridized carbons (Fsp3) is 0. The zero-order chi connectivity index (χ0) is 14.3. The smallest absolute Gasteiger partial charge is 0.219 e. The highest BCUT2D eigenvalue weighted by atomic mass is 16.5. The minimum atomic E-state index is 0.576. The van der Waals surface area contributed by atoms with Crippen LogP contribution in [0.3, 0.4) is 0 Å². The lowest BCUT2D eigenvalue weighted by Crippen LogP contribution is -1.87. The standard InChI is InChI=1S/C17H13N3O/c1-2-9-20-17(6-1)21-16-5-3-4-14(12-16)7-8-15-13-18-10-11-19-15/h1-13H/b8-7+. The Morgan fingerprint density at radius 2 is 1.86 bits per heavy atom. The maximum Gasteiger partial charge on any atom is 0.219 e. The van der Waals surface area contributed by atoms with E-state index in [0.717, 1.165) is 17.0 Å². The van der Waals surface area contributed by atoms with E-state index < -0.39 is 0 Å². The van der Waals surface area contributed by atoms with Gasteiger partial charge >= 0.3 is 0 Å². The van der Waals surface area contributed by atoms with Crippen molar-refractivity contribution in [3.05, 3.63) is 78.5 Å². The number of rotatable bonds is 4. The lowest BCUT2D eigenvalue weighted by atomic mass is 10.2. The van der Waals surface area contributed by atoms with Gasteiger partial charge in [-0.25, -0.2) is 4.98 Å². The minimum absolute atomic E-state index is 0.576. The van der Waals surface area contributed by atoms with E-state index in [1.165, 1.54) is 0 Å². The van der Waals surface area contributed by atoms with Gasteiger partial charge in [-0.2, -0.15) is 0 Å². The van der Waals surface area contributed by atoms with Crippen LogP contribution >= 0.6 is 0 Å². The molecular formula is C17H13N3O. The third-order valence-electron chi connectivity index (χ3n) is 2.75. The van der Waals surface area contributed by atoms with Crippen LogP contribution in [0.2, 0.25) is 0 Å². The van der Waals surface area contributed by atoms with Crippen molar-refractivity contribution in [3.63, 3.8) is 0 Å². The summed E-state index contributed by atoms with van der Waals surface area (Å²) in [6.45, 7) is 0. The van der Waals surface area contributed by atoms with Crippen molar-refractivity contribution in [2.45, 2.75) is 0 Å². The summed E-state index contributed by atoms with van der Waals surface area (Å²) in [6.07, 6.45) is 10.6. The van der Waals surface area contributed by atoms with E-state index in [1.807, 2.05) is 54.6 Å². The first kappa shape index (κ1) is 13.0. The molecule has 0 aliphatic heterocycles. The molecule has 0 amide bonds. The molecule has 0 aliphatic carbocycles. The molecule has 3 rings (SSSR count). The van der Waals surface area contributed by atoms with Gasteiger partial charge in [0.05, 0.1) is 11.9 Å². The van der Waals surface area contributed by atoms with Crippen molar-refractivity contribution in [3.8, 4) is 11.6 Å². The largest absolute Gasteiger partial charge is 0.439 e. The van der Waals surface area contributed by atoms with Crippen LogP contribution in [0.15, 0.2) is 67.3 Å². The second-order valence-corrected chi connectivity index (χ2v) is 4.31. The minimum Gasteiger partial charge on any atom is -0.439 e. The van der Waals surface area contributed by atoms with Crippen LogP contribution in [0.1, 0.15) is 11.3 Å². The van der Waals surface area contributed by atoms with Gasteiger partial charge in [-0.05, 0) is 29.8 Å². The summed E-state index contributed by atoms with van der Waals surface area (Å²) in [7, 11) is 0. The highest BCUT2D eigenvalue weighted by Crippen LogP contribution is 2.20. The number of benzene rings is 1. The molecule has 0 atom stereocenters. The summed E-state index contributed by atoms with van der Waals surface area (Å²) in [5.74, 6) is 1.32. The molecule has 3 aromatic rings. The molecule has 0 N–H and O–H groups in total. The molecule has 4 nitrogen and oxygen atoms in total. The average Bonchev–Trinajstić information content (AvgIpc) is 2.55. The van der Waals surface area contributed by atoms with E-state index in [1.54, 1.807) is 24.8 Å². The molecule has 2 heterocycles. The molecule has 21 heavy (non-hydrogen) atoms. The monoisotopic (exact) mass is 275 g/mol. The maximum absolute atomic E-state index is 5.70. The Morgan fingerprint density at radius 3 is 2.67 bits per heavy atom. The van der Waals surface area contributed by atoms with Gasteiger partial charge in [0.15, 0.2) is 0 Å². The molecule has 1 aromatic carbocycles. The summed E-state index contributed by atoms with van der Waals surface area (Å²) in [5, 5.41) is 0. The highest BCUT2D eigenvalue weighted by Gasteiger charge is 1.98. The second kappa shape index (κ2) is 6.43. The van der Waals surface area contributed by atoms with Crippen LogP contribution in [0.4, 0.5) is 0 Å². The fourth-order valence-corrected chi connectivity index (χ4v) is 1.79. The molecule has 0 radical (unpaired) electrons. The number of nitrogens with zero attached hydrogens (tertiary/aromatic N) is 3. The Kier molecular flexibility index (Phi) is 3.98. The van der Waals surface area contributed by atoms with Gasteiger partial charge in [-0.15, -0.1) is 0 Å². The van der Waals surface area contributed by atoms with Crippen molar-refractivity contribution in [1.82, 2.24) is 15.0 Å². The number of hydrogen-bond acceptors (Lipinski definition) is 4.